The number of sulfonamides is 1. The molecular formula is C17H17F3N2O2S. The van der Waals surface area contributed by atoms with E-state index in [1.807, 2.05) is 6.07 Å². The second-order valence-electron chi connectivity index (χ2n) is 5.95. The fourth-order valence-electron chi connectivity index (χ4n) is 2.85. The van der Waals surface area contributed by atoms with E-state index in [1.54, 1.807) is 18.2 Å². The molecule has 0 radical (unpaired) electrons. The molecule has 0 saturated carbocycles. The van der Waals surface area contributed by atoms with Gasteiger partial charge in [-0.1, -0.05) is 18.2 Å². The van der Waals surface area contributed by atoms with E-state index in [1.165, 1.54) is 0 Å². The first-order valence-electron chi connectivity index (χ1n) is 7.76. The zero-order valence-electron chi connectivity index (χ0n) is 13.2. The Bertz CT molecular complexity index is 860. The Hall–Kier alpha value is -2.06. The highest BCUT2D eigenvalue weighted by atomic mass is 32.2. The minimum Gasteiger partial charge on any atom is -0.316 e. The van der Waals surface area contributed by atoms with Crippen molar-refractivity contribution in [2.24, 2.45) is 0 Å². The largest absolute Gasteiger partial charge is 0.416 e. The molecule has 1 atom stereocenters. The summed E-state index contributed by atoms with van der Waals surface area (Å²) in [5.41, 5.74) is 0.331. The number of rotatable bonds is 4. The van der Waals surface area contributed by atoms with Crippen LogP contribution in [0, 0.1) is 0 Å². The van der Waals surface area contributed by atoms with Gasteiger partial charge in [0.15, 0.2) is 0 Å². The van der Waals surface area contributed by atoms with Crippen molar-refractivity contribution < 1.29 is 21.6 Å². The third kappa shape index (κ3) is 4.13. The third-order valence-corrected chi connectivity index (χ3v) is 5.52. The minimum absolute atomic E-state index is 0.304. The molecule has 1 fully saturated rings. The molecule has 1 aliphatic rings. The molecule has 25 heavy (non-hydrogen) atoms. The number of hydrogen-bond acceptors (Lipinski definition) is 3. The Kier molecular flexibility index (Phi) is 4.75. The molecule has 2 aromatic carbocycles. The Morgan fingerprint density at radius 2 is 1.84 bits per heavy atom. The molecule has 134 valence electrons. The van der Waals surface area contributed by atoms with Crippen molar-refractivity contribution in [1.82, 2.24) is 5.32 Å². The Balaban J connectivity index is 1.86. The van der Waals surface area contributed by atoms with Crippen LogP contribution in [-0.2, 0) is 16.2 Å². The molecule has 0 unspecified atom stereocenters. The Labute approximate surface area is 144 Å². The molecule has 8 heteroatoms. The van der Waals surface area contributed by atoms with Crippen LogP contribution in [0.2, 0.25) is 0 Å². The van der Waals surface area contributed by atoms with Crippen LogP contribution < -0.4 is 10.0 Å². The maximum atomic E-state index is 12.8. The van der Waals surface area contributed by atoms with E-state index >= 15 is 0 Å². The predicted molar refractivity (Wildman–Crippen MR) is 88.9 cm³/mol. The zero-order chi connectivity index (χ0) is 18.1. The summed E-state index contributed by atoms with van der Waals surface area (Å²) in [6.45, 7) is 1.73. The Morgan fingerprint density at radius 1 is 1.08 bits per heavy atom. The molecule has 3 rings (SSSR count). The fourth-order valence-corrected chi connectivity index (χ4v) is 3.94. The number of nitrogens with one attached hydrogen (secondary N) is 2. The van der Waals surface area contributed by atoms with Gasteiger partial charge in [0.2, 0.25) is 0 Å². The van der Waals surface area contributed by atoms with Gasteiger partial charge in [-0.05, 0) is 54.8 Å². The quantitative estimate of drug-likeness (QED) is 0.865. The maximum Gasteiger partial charge on any atom is 0.416 e. The van der Waals surface area contributed by atoms with Gasteiger partial charge >= 0.3 is 6.18 Å². The van der Waals surface area contributed by atoms with Crippen molar-refractivity contribution in [3.05, 3.63) is 59.7 Å². The van der Waals surface area contributed by atoms with E-state index in [2.05, 4.69) is 10.0 Å². The second kappa shape index (κ2) is 6.68. The topological polar surface area (TPSA) is 58.2 Å². The van der Waals surface area contributed by atoms with Crippen LogP contribution in [0.4, 0.5) is 18.9 Å². The van der Waals surface area contributed by atoms with Gasteiger partial charge in [-0.25, -0.2) is 8.42 Å². The van der Waals surface area contributed by atoms with Gasteiger partial charge in [-0.15, -0.1) is 0 Å². The van der Waals surface area contributed by atoms with Crippen LogP contribution in [-0.4, -0.2) is 21.5 Å². The standard InChI is InChI=1S/C17H17F3N2O2S/c18-17(19,20)14-4-2-6-16(10-14)25(23,24)22-15-5-1-3-12(9-15)13-7-8-21-11-13/h1-6,9-10,13,21-22H,7-8,11H2/t13-/m0/s1. The van der Waals surface area contributed by atoms with Gasteiger partial charge in [0.05, 0.1) is 10.5 Å². The van der Waals surface area contributed by atoms with E-state index in [0.717, 1.165) is 43.3 Å². The summed E-state index contributed by atoms with van der Waals surface area (Å²) < 4.78 is 65.6. The molecule has 2 aromatic rings. The van der Waals surface area contributed by atoms with E-state index < -0.39 is 26.7 Å². The van der Waals surface area contributed by atoms with Crippen LogP contribution >= 0.6 is 0 Å². The highest BCUT2D eigenvalue weighted by molar-refractivity contribution is 7.92. The summed E-state index contributed by atoms with van der Waals surface area (Å²) in [5.74, 6) is 0.304. The third-order valence-electron chi connectivity index (χ3n) is 4.14. The van der Waals surface area contributed by atoms with Crippen molar-refractivity contribution in [1.29, 1.82) is 0 Å². The summed E-state index contributed by atoms with van der Waals surface area (Å²) in [4.78, 5) is -0.421. The second-order valence-corrected chi connectivity index (χ2v) is 7.63. The fraction of sp³-hybridized carbons (Fsp3) is 0.294. The first-order valence-corrected chi connectivity index (χ1v) is 9.25. The van der Waals surface area contributed by atoms with Gasteiger partial charge in [0, 0.05) is 12.2 Å². The molecule has 0 aliphatic carbocycles. The SMILES string of the molecule is O=S(=O)(Nc1cccc([C@H]2CCNC2)c1)c1cccc(C(F)(F)F)c1. The molecule has 1 heterocycles. The lowest BCUT2D eigenvalue weighted by Crippen LogP contribution is -2.15. The Morgan fingerprint density at radius 3 is 2.52 bits per heavy atom. The number of alkyl halides is 3. The van der Waals surface area contributed by atoms with Crippen LogP contribution in [0.1, 0.15) is 23.5 Å². The predicted octanol–water partition coefficient (Wildman–Crippen LogP) is 3.58. The van der Waals surface area contributed by atoms with E-state index in [0.29, 0.717) is 17.7 Å². The first-order chi connectivity index (χ1) is 11.8. The highest BCUT2D eigenvalue weighted by Gasteiger charge is 2.31. The van der Waals surface area contributed by atoms with E-state index in [9.17, 15) is 21.6 Å². The van der Waals surface area contributed by atoms with Crippen molar-refractivity contribution in [3.63, 3.8) is 0 Å². The van der Waals surface area contributed by atoms with Gasteiger partial charge in [0.25, 0.3) is 10.0 Å². The summed E-state index contributed by atoms with van der Waals surface area (Å²) in [6, 6.07) is 10.7. The average molecular weight is 370 g/mol. The number of halogens is 3. The number of anilines is 1. The summed E-state index contributed by atoms with van der Waals surface area (Å²) >= 11 is 0. The van der Waals surface area contributed by atoms with Crippen molar-refractivity contribution in [3.8, 4) is 0 Å². The number of benzene rings is 2. The molecule has 1 aliphatic heterocycles. The molecule has 2 N–H and O–H groups in total. The highest BCUT2D eigenvalue weighted by Crippen LogP contribution is 2.31. The molecular weight excluding hydrogens is 353 g/mol. The number of hydrogen-bond donors (Lipinski definition) is 2. The molecule has 1 saturated heterocycles. The zero-order valence-corrected chi connectivity index (χ0v) is 14.0. The monoisotopic (exact) mass is 370 g/mol. The van der Waals surface area contributed by atoms with Crippen LogP contribution in [0.25, 0.3) is 0 Å². The molecule has 0 spiro atoms. The van der Waals surface area contributed by atoms with Gasteiger partial charge < -0.3 is 5.32 Å². The summed E-state index contributed by atoms with van der Waals surface area (Å²) in [5, 5.41) is 3.24. The van der Waals surface area contributed by atoms with Gasteiger partial charge in [-0.2, -0.15) is 13.2 Å². The van der Waals surface area contributed by atoms with Crippen molar-refractivity contribution >= 4 is 15.7 Å². The lowest BCUT2D eigenvalue weighted by atomic mass is 9.98. The normalized spacial score (nSPS) is 18.3. The van der Waals surface area contributed by atoms with Gasteiger partial charge in [-0.3, -0.25) is 4.72 Å². The average Bonchev–Trinajstić information content (AvgIpc) is 3.08. The van der Waals surface area contributed by atoms with Crippen LogP contribution in [0.5, 0.6) is 0 Å². The molecule has 0 amide bonds. The lowest BCUT2D eigenvalue weighted by molar-refractivity contribution is -0.137. The summed E-state index contributed by atoms with van der Waals surface area (Å²) in [7, 11) is -4.10. The van der Waals surface area contributed by atoms with E-state index in [-0.39, 0.29) is 0 Å². The molecule has 0 aromatic heterocycles. The van der Waals surface area contributed by atoms with Crippen molar-refractivity contribution in [2.45, 2.75) is 23.4 Å². The molecule has 4 nitrogen and oxygen atoms in total. The summed E-state index contributed by atoms with van der Waals surface area (Å²) in [6.07, 6.45) is -3.63. The molecule has 0 bridgehead atoms. The van der Waals surface area contributed by atoms with Crippen LogP contribution in [0.15, 0.2) is 53.4 Å². The van der Waals surface area contributed by atoms with Crippen molar-refractivity contribution in [2.75, 3.05) is 17.8 Å². The minimum atomic E-state index is -4.60. The van der Waals surface area contributed by atoms with Gasteiger partial charge in [0.1, 0.15) is 0 Å². The smallest absolute Gasteiger partial charge is 0.316 e. The lowest BCUT2D eigenvalue weighted by Gasteiger charge is -2.13. The van der Waals surface area contributed by atoms with Crippen LogP contribution in [0.3, 0.4) is 0 Å². The maximum absolute atomic E-state index is 12.8. The van der Waals surface area contributed by atoms with E-state index in [4.69, 9.17) is 0 Å². The first kappa shape index (κ1) is 17.8.